The van der Waals surface area contributed by atoms with Gasteiger partial charge in [-0.1, -0.05) is 6.92 Å². The Kier molecular flexibility index (Phi) is 3.86. The average Bonchev–Trinajstić information content (AvgIpc) is 2.40. The van der Waals surface area contributed by atoms with Crippen molar-refractivity contribution in [2.75, 3.05) is 18.0 Å². The van der Waals surface area contributed by atoms with Crippen molar-refractivity contribution in [1.29, 1.82) is 5.26 Å². The number of anilines is 1. The number of aromatic nitrogens is 1. The van der Waals surface area contributed by atoms with E-state index in [0.29, 0.717) is 19.5 Å². The molecule has 0 saturated carbocycles. The van der Waals surface area contributed by atoms with E-state index in [1.54, 1.807) is 4.90 Å². The van der Waals surface area contributed by atoms with Crippen molar-refractivity contribution in [1.82, 2.24) is 4.98 Å². The number of hydrogen-bond donors (Lipinski definition) is 1. The van der Waals surface area contributed by atoms with Crippen LogP contribution in [0, 0.1) is 17.2 Å². The minimum atomic E-state index is -4.51. The van der Waals surface area contributed by atoms with Crippen molar-refractivity contribution in [2.24, 2.45) is 11.7 Å². The van der Waals surface area contributed by atoms with Gasteiger partial charge in [0, 0.05) is 19.1 Å². The van der Waals surface area contributed by atoms with Gasteiger partial charge >= 0.3 is 6.18 Å². The van der Waals surface area contributed by atoms with Gasteiger partial charge in [-0.3, -0.25) is 0 Å². The molecular weight excluding hydrogens is 269 g/mol. The third-order valence-electron chi connectivity index (χ3n) is 3.56. The average molecular weight is 284 g/mol. The Labute approximate surface area is 115 Å². The molecule has 0 radical (unpaired) electrons. The summed E-state index contributed by atoms with van der Waals surface area (Å²) in [6.07, 6.45) is -3.84. The van der Waals surface area contributed by atoms with E-state index in [4.69, 9.17) is 11.0 Å². The number of halogens is 3. The molecule has 0 amide bonds. The van der Waals surface area contributed by atoms with Crippen LogP contribution in [0.3, 0.4) is 0 Å². The highest BCUT2D eigenvalue weighted by Gasteiger charge is 2.34. The Hall–Kier alpha value is -1.81. The largest absolute Gasteiger partial charge is 0.433 e. The van der Waals surface area contributed by atoms with Gasteiger partial charge in [0.15, 0.2) is 0 Å². The Morgan fingerprint density at radius 2 is 2.15 bits per heavy atom. The molecule has 0 bridgehead atoms. The summed E-state index contributed by atoms with van der Waals surface area (Å²) in [5.74, 6) is 0.243. The summed E-state index contributed by atoms with van der Waals surface area (Å²) in [6, 6.07) is 3.93. The van der Waals surface area contributed by atoms with E-state index in [2.05, 4.69) is 4.98 Å². The van der Waals surface area contributed by atoms with Crippen molar-refractivity contribution in [3.8, 4) is 6.07 Å². The Balaban J connectivity index is 2.37. The van der Waals surface area contributed by atoms with E-state index in [-0.39, 0.29) is 23.3 Å². The van der Waals surface area contributed by atoms with Gasteiger partial charge in [-0.2, -0.15) is 18.4 Å². The highest BCUT2D eigenvalue weighted by Crippen LogP contribution is 2.31. The smallest absolute Gasteiger partial charge is 0.355 e. The molecule has 1 fully saturated rings. The quantitative estimate of drug-likeness (QED) is 0.858. The number of piperidine rings is 1. The van der Waals surface area contributed by atoms with E-state index < -0.39 is 11.9 Å². The molecule has 108 valence electrons. The lowest BCUT2D eigenvalue weighted by atomic mass is 9.94. The van der Waals surface area contributed by atoms with Crippen LogP contribution in [0.15, 0.2) is 12.1 Å². The highest BCUT2D eigenvalue weighted by atomic mass is 19.4. The van der Waals surface area contributed by atoms with Crippen LogP contribution in [0.2, 0.25) is 0 Å². The Morgan fingerprint density at radius 1 is 1.45 bits per heavy atom. The molecule has 1 saturated heterocycles. The summed E-state index contributed by atoms with van der Waals surface area (Å²) in [4.78, 5) is 5.35. The van der Waals surface area contributed by atoms with Crippen molar-refractivity contribution >= 4 is 5.82 Å². The number of nitrogens with two attached hydrogens (primary N) is 1. The van der Waals surface area contributed by atoms with Crippen LogP contribution < -0.4 is 10.6 Å². The number of nitrogens with zero attached hydrogens (tertiary/aromatic N) is 3. The van der Waals surface area contributed by atoms with Crippen LogP contribution in [0.1, 0.15) is 24.6 Å². The third-order valence-corrected chi connectivity index (χ3v) is 3.56. The maximum Gasteiger partial charge on any atom is 0.433 e. The fraction of sp³-hybridized carbons (Fsp3) is 0.538. The molecule has 2 atom stereocenters. The van der Waals surface area contributed by atoms with Gasteiger partial charge in [-0.25, -0.2) is 4.98 Å². The molecule has 2 unspecified atom stereocenters. The van der Waals surface area contributed by atoms with Gasteiger partial charge in [0.1, 0.15) is 17.6 Å². The standard InChI is InChI=1S/C13H15F3N4/c1-8-7-20(5-4-10(8)18)12-9(6-17)2-3-11(19-12)13(14,15)16/h2-3,8,10H,4-5,7,18H2,1H3. The number of nitriles is 1. The van der Waals surface area contributed by atoms with Crippen LogP contribution in [0.5, 0.6) is 0 Å². The molecule has 0 aliphatic carbocycles. The van der Waals surface area contributed by atoms with Gasteiger partial charge in [-0.05, 0) is 24.5 Å². The molecule has 2 rings (SSSR count). The van der Waals surface area contributed by atoms with Crippen molar-refractivity contribution < 1.29 is 13.2 Å². The summed E-state index contributed by atoms with van der Waals surface area (Å²) in [7, 11) is 0. The number of alkyl halides is 3. The number of hydrogen-bond acceptors (Lipinski definition) is 4. The Bertz CT molecular complexity index is 535. The van der Waals surface area contributed by atoms with Gasteiger partial charge in [0.05, 0.1) is 5.56 Å². The van der Waals surface area contributed by atoms with Crippen LogP contribution in [-0.2, 0) is 6.18 Å². The number of pyridine rings is 1. The SMILES string of the molecule is CC1CN(c2nc(C(F)(F)F)ccc2C#N)CCC1N. The zero-order chi connectivity index (χ0) is 14.9. The summed E-state index contributed by atoms with van der Waals surface area (Å²) in [5.41, 5.74) is 5.07. The van der Waals surface area contributed by atoms with Crippen molar-refractivity contribution in [3.05, 3.63) is 23.4 Å². The van der Waals surface area contributed by atoms with Gasteiger partial charge < -0.3 is 10.6 Å². The molecule has 4 nitrogen and oxygen atoms in total. The highest BCUT2D eigenvalue weighted by molar-refractivity contribution is 5.55. The first-order valence-corrected chi connectivity index (χ1v) is 6.32. The summed E-state index contributed by atoms with van der Waals surface area (Å²) in [5, 5.41) is 9.04. The van der Waals surface area contributed by atoms with Crippen LogP contribution in [-0.4, -0.2) is 24.1 Å². The third kappa shape index (κ3) is 2.85. The second-order valence-electron chi connectivity index (χ2n) is 5.05. The first-order valence-electron chi connectivity index (χ1n) is 6.32. The zero-order valence-electron chi connectivity index (χ0n) is 11.0. The normalized spacial score (nSPS) is 23.5. The Morgan fingerprint density at radius 3 is 2.70 bits per heavy atom. The lowest BCUT2D eigenvalue weighted by molar-refractivity contribution is -0.141. The molecule has 1 aliphatic rings. The maximum absolute atomic E-state index is 12.7. The monoisotopic (exact) mass is 284 g/mol. The fourth-order valence-electron chi connectivity index (χ4n) is 2.29. The molecule has 1 aliphatic heterocycles. The lowest BCUT2D eigenvalue weighted by Crippen LogP contribution is -2.46. The van der Waals surface area contributed by atoms with Gasteiger partial charge in [0.25, 0.3) is 0 Å². The van der Waals surface area contributed by atoms with Crippen LogP contribution >= 0.6 is 0 Å². The second-order valence-corrected chi connectivity index (χ2v) is 5.05. The fourth-order valence-corrected chi connectivity index (χ4v) is 2.29. The predicted molar refractivity (Wildman–Crippen MR) is 67.9 cm³/mol. The minimum absolute atomic E-state index is 0.0302. The molecule has 1 aromatic heterocycles. The number of rotatable bonds is 1. The van der Waals surface area contributed by atoms with E-state index in [1.807, 2.05) is 13.0 Å². The van der Waals surface area contributed by atoms with E-state index >= 15 is 0 Å². The van der Waals surface area contributed by atoms with Crippen molar-refractivity contribution in [3.63, 3.8) is 0 Å². The van der Waals surface area contributed by atoms with Crippen LogP contribution in [0.25, 0.3) is 0 Å². The van der Waals surface area contributed by atoms with E-state index in [9.17, 15) is 13.2 Å². The van der Waals surface area contributed by atoms with Gasteiger partial charge in [-0.15, -0.1) is 0 Å². The van der Waals surface area contributed by atoms with Crippen LogP contribution in [0.4, 0.5) is 19.0 Å². The molecular formula is C13H15F3N4. The molecule has 2 N–H and O–H groups in total. The van der Waals surface area contributed by atoms with E-state index in [1.165, 1.54) is 6.07 Å². The summed E-state index contributed by atoms with van der Waals surface area (Å²) in [6.45, 7) is 2.95. The lowest BCUT2D eigenvalue weighted by Gasteiger charge is -2.36. The first-order chi connectivity index (χ1) is 9.32. The summed E-state index contributed by atoms with van der Waals surface area (Å²) >= 11 is 0. The molecule has 20 heavy (non-hydrogen) atoms. The first kappa shape index (κ1) is 14.6. The predicted octanol–water partition coefficient (Wildman–Crippen LogP) is 2.15. The molecule has 0 spiro atoms. The molecule has 0 aromatic carbocycles. The molecule has 1 aromatic rings. The summed E-state index contributed by atoms with van der Waals surface area (Å²) < 4.78 is 38.2. The maximum atomic E-state index is 12.7. The molecule has 7 heteroatoms. The van der Waals surface area contributed by atoms with Crippen molar-refractivity contribution in [2.45, 2.75) is 25.6 Å². The van der Waals surface area contributed by atoms with E-state index in [0.717, 1.165) is 6.07 Å². The minimum Gasteiger partial charge on any atom is -0.355 e. The topological polar surface area (TPSA) is 65.9 Å². The second kappa shape index (κ2) is 5.29. The molecule has 2 heterocycles. The van der Waals surface area contributed by atoms with Gasteiger partial charge in [0.2, 0.25) is 0 Å². The zero-order valence-corrected chi connectivity index (χ0v) is 11.0.